The Morgan fingerprint density at radius 2 is 2.00 bits per heavy atom. The lowest BCUT2D eigenvalue weighted by Crippen LogP contribution is -2.27. The van der Waals surface area contributed by atoms with Gasteiger partial charge in [0.25, 0.3) is 0 Å². The first-order valence-electron chi connectivity index (χ1n) is 8.22. The molecule has 4 rings (SSSR count). The molecule has 0 unspecified atom stereocenters. The summed E-state index contributed by atoms with van der Waals surface area (Å²) in [6, 6.07) is 13.3. The van der Waals surface area contributed by atoms with Gasteiger partial charge < -0.3 is 9.42 Å². The molecule has 0 saturated heterocycles. The molecule has 7 nitrogen and oxygen atoms in total. The van der Waals surface area contributed by atoms with Crippen LogP contribution in [0, 0.1) is 0 Å². The molecule has 0 saturated carbocycles. The Kier molecular flexibility index (Phi) is 4.18. The van der Waals surface area contributed by atoms with Crippen LogP contribution in [0.25, 0.3) is 22.2 Å². The molecule has 0 bridgehead atoms. The number of amides is 1. The topological polar surface area (TPSA) is 87.9 Å². The average molecular weight is 347 g/mol. The molecule has 1 aromatic carbocycles. The van der Waals surface area contributed by atoms with Crippen LogP contribution in [-0.2, 0) is 17.8 Å². The number of aromatic amines is 1. The minimum Gasteiger partial charge on any atom is -0.359 e. The summed E-state index contributed by atoms with van der Waals surface area (Å²) < 4.78 is 5.36. The number of carbonyl (C=O) groups is 1. The van der Waals surface area contributed by atoms with Crippen LogP contribution in [0.5, 0.6) is 0 Å². The lowest BCUT2D eigenvalue weighted by molar-refractivity contribution is -0.130. The zero-order chi connectivity index (χ0) is 17.9. The van der Waals surface area contributed by atoms with E-state index in [1.165, 1.54) is 0 Å². The fourth-order valence-corrected chi connectivity index (χ4v) is 2.80. The van der Waals surface area contributed by atoms with Gasteiger partial charge in [-0.3, -0.25) is 14.9 Å². The first-order valence-corrected chi connectivity index (χ1v) is 8.22. The number of nitrogens with one attached hydrogen (secondary N) is 1. The van der Waals surface area contributed by atoms with Crippen molar-refractivity contribution in [2.24, 2.45) is 0 Å². The number of nitrogens with zero attached hydrogens (tertiary/aromatic N) is 4. The summed E-state index contributed by atoms with van der Waals surface area (Å²) >= 11 is 0. The molecule has 0 spiro atoms. The Hall–Kier alpha value is -3.48. The predicted octanol–water partition coefficient (Wildman–Crippen LogP) is 2.81. The quantitative estimate of drug-likeness (QED) is 0.600. The van der Waals surface area contributed by atoms with Gasteiger partial charge in [-0.15, -0.1) is 0 Å². The number of rotatable bonds is 5. The van der Waals surface area contributed by atoms with E-state index in [-0.39, 0.29) is 12.3 Å². The fourth-order valence-electron chi connectivity index (χ4n) is 2.80. The predicted molar refractivity (Wildman–Crippen MR) is 96.0 cm³/mol. The number of aromatic nitrogens is 4. The lowest BCUT2D eigenvalue weighted by Gasteiger charge is -2.14. The fraction of sp³-hybridized carbons (Fsp3) is 0.158. The zero-order valence-electron chi connectivity index (χ0n) is 14.2. The summed E-state index contributed by atoms with van der Waals surface area (Å²) in [4.78, 5) is 18.1. The summed E-state index contributed by atoms with van der Waals surface area (Å²) in [6.07, 6.45) is 3.66. The maximum Gasteiger partial charge on any atom is 0.228 e. The number of likely N-dealkylation sites (N-methyl/N-ethyl adjacent to an activating group) is 1. The molecule has 0 aliphatic heterocycles. The molecule has 130 valence electrons. The molecule has 0 atom stereocenters. The van der Waals surface area contributed by atoms with Gasteiger partial charge in [-0.2, -0.15) is 5.10 Å². The number of hydrogen-bond acceptors (Lipinski definition) is 5. The molecule has 26 heavy (non-hydrogen) atoms. The van der Waals surface area contributed by atoms with E-state index in [1.807, 2.05) is 42.5 Å². The Bertz CT molecular complexity index is 1040. The molecule has 0 radical (unpaired) electrons. The molecule has 1 amide bonds. The number of para-hydroxylation sites is 1. The molecule has 1 N–H and O–H groups in total. The van der Waals surface area contributed by atoms with Crippen molar-refractivity contribution in [2.75, 3.05) is 7.05 Å². The van der Waals surface area contributed by atoms with Gasteiger partial charge in [0.05, 0.1) is 24.2 Å². The summed E-state index contributed by atoms with van der Waals surface area (Å²) in [5, 5.41) is 12.2. The summed E-state index contributed by atoms with van der Waals surface area (Å²) in [7, 11) is 1.75. The highest BCUT2D eigenvalue weighted by molar-refractivity contribution is 5.87. The Morgan fingerprint density at radius 3 is 2.85 bits per heavy atom. The standard InChI is InChI=1S/C19H17N5O2/c1-24(12-14-10-17(23-26-14)13-6-8-20-9-7-13)19(25)11-18-15-4-2-3-5-16(15)21-22-18/h2-10H,11-12H2,1H3,(H,21,22). The normalized spacial score (nSPS) is 11.0. The highest BCUT2D eigenvalue weighted by Gasteiger charge is 2.16. The van der Waals surface area contributed by atoms with Crippen LogP contribution in [0.4, 0.5) is 0 Å². The molecule has 0 aliphatic rings. The van der Waals surface area contributed by atoms with Gasteiger partial charge in [-0.1, -0.05) is 23.4 Å². The second kappa shape index (κ2) is 6.79. The van der Waals surface area contributed by atoms with E-state index in [0.29, 0.717) is 12.3 Å². The molecule has 0 fully saturated rings. The third kappa shape index (κ3) is 3.19. The number of carbonyl (C=O) groups excluding carboxylic acids is 1. The van der Waals surface area contributed by atoms with Gasteiger partial charge in [0, 0.05) is 36.5 Å². The number of hydrogen-bond donors (Lipinski definition) is 1. The Balaban J connectivity index is 1.44. The van der Waals surface area contributed by atoms with E-state index in [2.05, 4.69) is 20.3 Å². The zero-order valence-corrected chi connectivity index (χ0v) is 14.2. The number of H-pyrrole nitrogens is 1. The van der Waals surface area contributed by atoms with Gasteiger partial charge in [-0.25, -0.2) is 0 Å². The van der Waals surface area contributed by atoms with Crippen molar-refractivity contribution in [3.8, 4) is 11.3 Å². The van der Waals surface area contributed by atoms with Crippen molar-refractivity contribution in [3.63, 3.8) is 0 Å². The van der Waals surface area contributed by atoms with E-state index in [1.54, 1.807) is 24.3 Å². The highest BCUT2D eigenvalue weighted by Crippen LogP contribution is 2.19. The van der Waals surface area contributed by atoms with Crippen molar-refractivity contribution in [2.45, 2.75) is 13.0 Å². The molecule has 4 aromatic rings. The first-order chi connectivity index (χ1) is 12.7. The van der Waals surface area contributed by atoms with E-state index in [0.717, 1.165) is 27.9 Å². The Morgan fingerprint density at radius 1 is 1.19 bits per heavy atom. The molecular formula is C19H17N5O2. The third-order valence-corrected chi connectivity index (χ3v) is 4.22. The van der Waals surface area contributed by atoms with Crippen LogP contribution in [-0.4, -0.2) is 38.2 Å². The number of benzene rings is 1. The SMILES string of the molecule is CN(Cc1cc(-c2ccncc2)no1)C(=O)Cc1[nH]nc2ccccc12. The van der Waals surface area contributed by atoms with Gasteiger partial charge in [-0.05, 0) is 18.2 Å². The molecule has 7 heteroatoms. The van der Waals surface area contributed by atoms with Crippen LogP contribution in [0.15, 0.2) is 59.4 Å². The van der Waals surface area contributed by atoms with Crippen molar-refractivity contribution in [1.82, 2.24) is 25.2 Å². The monoisotopic (exact) mass is 347 g/mol. The number of fused-ring (bicyclic) bond motifs is 1. The average Bonchev–Trinajstić information content (AvgIpc) is 3.30. The van der Waals surface area contributed by atoms with Gasteiger partial charge >= 0.3 is 0 Å². The van der Waals surface area contributed by atoms with Crippen molar-refractivity contribution in [3.05, 3.63) is 66.3 Å². The van der Waals surface area contributed by atoms with Crippen LogP contribution in [0.2, 0.25) is 0 Å². The summed E-state index contributed by atoms with van der Waals surface area (Å²) in [6.45, 7) is 0.350. The molecule has 3 aromatic heterocycles. The van der Waals surface area contributed by atoms with E-state index in [4.69, 9.17) is 4.52 Å². The minimum absolute atomic E-state index is 0.0266. The molecule has 3 heterocycles. The van der Waals surface area contributed by atoms with E-state index < -0.39 is 0 Å². The van der Waals surface area contributed by atoms with E-state index in [9.17, 15) is 4.79 Å². The highest BCUT2D eigenvalue weighted by atomic mass is 16.5. The second-order valence-electron chi connectivity index (χ2n) is 6.06. The first kappa shape index (κ1) is 16.0. The van der Waals surface area contributed by atoms with Crippen LogP contribution in [0.3, 0.4) is 0 Å². The largest absolute Gasteiger partial charge is 0.359 e. The maximum absolute atomic E-state index is 12.5. The van der Waals surface area contributed by atoms with Crippen LogP contribution in [0.1, 0.15) is 11.5 Å². The van der Waals surface area contributed by atoms with Crippen molar-refractivity contribution < 1.29 is 9.32 Å². The lowest BCUT2D eigenvalue weighted by atomic mass is 10.1. The Labute approximate surface area is 149 Å². The van der Waals surface area contributed by atoms with Gasteiger partial charge in [0.2, 0.25) is 5.91 Å². The molecule has 0 aliphatic carbocycles. The summed E-state index contributed by atoms with van der Waals surface area (Å²) in [5.41, 5.74) is 3.32. The smallest absolute Gasteiger partial charge is 0.228 e. The van der Waals surface area contributed by atoms with Crippen LogP contribution < -0.4 is 0 Å². The van der Waals surface area contributed by atoms with Crippen molar-refractivity contribution in [1.29, 1.82) is 0 Å². The van der Waals surface area contributed by atoms with E-state index >= 15 is 0 Å². The van der Waals surface area contributed by atoms with Gasteiger partial charge in [0.1, 0.15) is 5.69 Å². The minimum atomic E-state index is -0.0266. The third-order valence-electron chi connectivity index (χ3n) is 4.22. The number of pyridine rings is 1. The summed E-state index contributed by atoms with van der Waals surface area (Å²) in [5.74, 6) is 0.600. The van der Waals surface area contributed by atoms with Crippen LogP contribution >= 0.6 is 0 Å². The molecular weight excluding hydrogens is 330 g/mol. The van der Waals surface area contributed by atoms with Gasteiger partial charge in [0.15, 0.2) is 5.76 Å². The van der Waals surface area contributed by atoms with Crippen molar-refractivity contribution >= 4 is 16.8 Å². The maximum atomic E-state index is 12.5. The second-order valence-corrected chi connectivity index (χ2v) is 6.06.